The standard InChI is InChI=1S/C18H19Cl2NO2/c1-2-6-16(13-7-4-3-5-8-13)21-18(22)12-23-17-11-14(19)9-10-15(17)20/h3-5,7-11,16H,2,6,12H2,1H3,(H,21,22)/t16-/m0/s1. The minimum atomic E-state index is -0.191. The number of hydrogen-bond donors (Lipinski definition) is 1. The molecule has 0 unspecified atom stereocenters. The zero-order valence-corrected chi connectivity index (χ0v) is 14.4. The number of carbonyl (C=O) groups excluding carboxylic acids is 1. The van der Waals surface area contributed by atoms with E-state index in [1.165, 1.54) is 0 Å². The monoisotopic (exact) mass is 351 g/mol. The van der Waals surface area contributed by atoms with E-state index >= 15 is 0 Å². The van der Waals surface area contributed by atoms with Gasteiger partial charge in [0.1, 0.15) is 5.75 Å². The first kappa shape index (κ1) is 17.6. The van der Waals surface area contributed by atoms with Crippen molar-refractivity contribution >= 4 is 29.1 Å². The first-order valence-electron chi connectivity index (χ1n) is 7.52. The lowest BCUT2D eigenvalue weighted by Gasteiger charge is -2.19. The summed E-state index contributed by atoms with van der Waals surface area (Å²) in [5, 5.41) is 3.94. The van der Waals surface area contributed by atoms with Crippen LogP contribution in [0.2, 0.25) is 10.0 Å². The molecule has 122 valence electrons. The third-order valence-corrected chi connectivity index (χ3v) is 3.91. The molecule has 0 heterocycles. The predicted octanol–water partition coefficient (Wildman–Crippen LogP) is 5.03. The first-order valence-corrected chi connectivity index (χ1v) is 8.28. The summed E-state index contributed by atoms with van der Waals surface area (Å²) in [5.41, 5.74) is 1.09. The van der Waals surface area contributed by atoms with E-state index in [1.807, 2.05) is 30.3 Å². The van der Waals surface area contributed by atoms with Crippen LogP contribution in [-0.4, -0.2) is 12.5 Å². The van der Waals surface area contributed by atoms with E-state index in [-0.39, 0.29) is 18.6 Å². The van der Waals surface area contributed by atoms with Crippen molar-refractivity contribution in [3.8, 4) is 5.75 Å². The Labute approximate surface area is 146 Å². The molecule has 3 nitrogen and oxygen atoms in total. The van der Waals surface area contributed by atoms with E-state index in [9.17, 15) is 4.79 Å². The number of carbonyl (C=O) groups is 1. The lowest BCUT2D eigenvalue weighted by molar-refractivity contribution is -0.123. The fraction of sp³-hybridized carbons (Fsp3) is 0.278. The van der Waals surface area contributed by atoms with Crippen molar-refractivity contribution in [3.63, 3.8) is 0 Å². The number of ether oxygens (including phenoxy) is 1. The van der Waals surface area contributed by atoms with Crippen LogP contribution < -0.4 is 10.1 Å². The van der Waals surface area contributed by atoms with Gasteiger partial charge >= 0.3 is 0 Å². The van der Waals surface area contributed by atoms with Crippen molar-refractivity contribution in [3.05, 3.63) is 64.1 Å². The molecule has 1 N–H and O–H groups in total. The molecule has 2 aromatic rings. The van der Waals surface area contributed by atoms with Gasteiger partial charge in [-0.15, -0.1) is 0 Å². The summed E-state index contributed by atoms with van der Waals surface area (Å²) >= 11 is 11.9. The molecular formula is C18H19Cl2NO2. The van der Waals surface area contributed by atoms with Crippen LogP contribution in [0.5, 0.6) is 5.75 Å². The van der Waals surface area contributed by atoms with Gasteiger partial charge in [0.05, 0.1) is 11.1 Å². The van der Waals surface area contributed by atoms with Crippen molar-refractivity contribution in [1.82, 2.24) is 5.32 Å². The number of amides is 1. The molecule has 23 heavy (non-hydrogen) atoms. The van der Waals surface area contributed by atoms with Gasteiger partial charge in [0, 0.05) is 11.1 Å². The Morgan fingerprint density at radius 2 is 1.91 bits per heavy atom. The molecule has 2 aromatic carbocycles. The van der Waals surface area contributed by atoms with Gasteiger partial charge in [-0.3, -0.25) is 4.79 Å². The summed E-state index contributed by atoms with van der Waals surface area (Å²) in [6.07, 6.45) is 1.84. The Bertz CT molecular complexity index is 647. The summed E-state index contributed by atoms with van der Waals surface area (Å²) in [6.45, 7) is 1.98. The van der Waals surface area contributed by atoms with Crippen LogP contribution in [0.15, 0.2) is 48.5 Å². The van der Waals surface area contributed by atoms with E-state index in [1.54, 1.807) is 18.2 Å². The Balaban J connectivity index is 1.95. The van der Waals surface area contributed by atoms with Crippen molar-refractivity contribution in [2.75, 3.05) is 6.61 Å². The Morgan fingerprint density at radius 1 is 1.17 bits per heavy atom. The number of nitrogens with one attached hydrogen (secondary N) is 1. The van der Waals surface area contributed by atoms with Crippen LogP contribution in [0.3, 0.4) is 0 Å². The van der Waals surface area contributed by atoms with Gasteiger partial charge in [-0.05, 0) is 24.1 Å². The third-order valence-electron chi connectivity index (χ3n) is 3.37. The van der Waals surface area contributed by atoms with E-state index in [4.69, 9.17) is 27.9 Å². The Morgan fingerprint density at radius 3 is 2.61 bits per heavy atom. The quantitative estimate of drug-likeness (QED) is 0.759. The van der Waals surface area contributed by atoms with Crippen LogP contribution in [0.1, 0.15) is 31.4 Å². The predicted molar refractivity (Wildman–Crippen MR) is 94.2 cm³/mol. The lowest BCUT2D eigenvalue weighted by atomic mass is 10.0. The maximum Gasteiger partial charge on any atom is 0.258 e. The van der Waals surface area contributed by atoms with Gasteiger partial charge in [0.15, 0.2) is 6.61 Å². The molecule has 0 aliphatic rings. The smallest absolute Gasteiger partial charge is 0.258 e. The first-order chi connectivity index (χ1) is 11.1. The van der Waals surface area contributed by atoms with Crippen LogP contribution in [0.25, 0.3) is 0 Å². The van der Waals surface area contributed by atoms with Crippen LogP contribution in [-0.2, 0) is 4.79 Å². The Kier molecular flexibility index (Phi) is 6.75. The molecule has 0 aliphatic heterocycles. The van der Waals surface area contributed by atoms with E-state index in [0.717, 1.165) is 18.4 Å². The largest absolute Gasteiger partial charge is 0.482 e. The molecule has 0 saturated carbocycles. The van der Waals surface area contributed by atoms with Crippen molar-refractivity contribution in [1.29, 1.82) is 0 Å². The van der Waals surface area contributed by atoms with Gasteiger partial charge < -0.3 is 10.1 Å². The maximum atomic E-state index is 12.2. The number of hydrogen-bond acceptors (Lipinski definition) is 2. The summed E-state index contributed by atoms with van der Waals surface area (Å²) in [7, 11) is 0. The summed E-state index contributed by atoms with van der Waals surface area (Å²) in [6, 6.07) is 14.8. The van der Waals surface area contributed by atoms with E-state index in [2.05, 4.69) is 12.2 Å². The van der Waals surface area contributed by atoms with Crippen LogP contribution in [0, 0.1) is 0 Å². The molecule has 2 rings (SSSR count). The second kappa shape index (κ2) is 8.80. The molecule has 0 aliphatic carbocycles. The number of rotatable bonds is 7. The van der Waals surface area contributed by atoms with Gasteiger partial charge in [0.25, 0.3) is 5.91 Å². The normalized spacial score (nSPS) is 11.8. The number of benzene rings is 2. The second-order valence-corrected chi connectivity index (χ2v) is 6.03. The van der Waals surface area contributed by atoms with Crippen LogP contribution in [0.4, 0.5) is 0 Å². The second-order valence-electron chi connectivity index (χ2n) is 5.18. The van der Waals surface area contributed by atoms with Gasteiger partial charge in [0.2, 0.25) is 0 Å². The van der Waals surface area contributed by atoms with Crippen molar-refractivity contribution in [2.24, 2.45) is 0 Å². The van der Waals surface area contributed by atoms with Crippen molar-refractivity contribution < 1.29 is 9.53 Å². The molecule has 0 radical (unpaired) electrons. The fourth-order valence-electron chi connectivity index (χ4n) is 2.26. The topological polar surface area (TPSA) is 38.3 Å². The van der Waals surface area contributed by atoms with E-state index in [0.29, 0.717) is 15.8 Å². The van der Waals surface area contributed by atoms with Gasteiger partial charge in [-0.2, -0.15) is 0 Å². The molecule has 5 heteroatoms. The zero-order valence-electron chi connectivity index (χ0n) is 12.9. The minimum absolute atomic E-state index is 0.0212. The molecule has 0 saturated heterocycles. The average molecular weight is 352 g/mol. The molecule has 0 fully saturated rings. The van der Waals surface area contributed by atoms with Gasteiger partial charge in [-0.25, -0.2) is 0 Å². The highest BCUT2D eigenvalue weighted by Crippen LogP contribution is 2.27. The van der Waals surface area contributed by atoms with E-state index < -0.39 is 0 Å². The molecule has 0 bridgehead atoms. The average Bonchev–Trinajstić information content (AvgIpc) is 2.56. The molecule has 1 amide bonds. The summed E-state index contributed by atoms with van der Waals surface area (Å²) in [5.74, 6) is 0.212. The molecule has 1 atom stereocenters. The van der Waals surface area contributed by atoms with Gasteiger partial charge in [-0.1, -0.05) is 66.9 Å². The fourth-order valence-corrected chi connectivity index (χ4v) is 2.60. The number of halogens is 2. The van der Waals surface area contributed by atoms with Crippen LogP contribution >= 0.6 is 23.2 Å². The summed E-state index contributed by atoms with van der Waals surface area (Å²) in [4.78, 5) is 12.2. The molecular weight excluding hydrogens is 333 g/mol. The maximum absolute atomic E-state index is 12.2. The van der Waals surface area contributed by atoms with Crippen molar-refractivity contribution in [2.45, 2.75) is 25.8 Å². The zero-order chi connectivity index (χ0) is 16.7. The highest BCUT2D eigenvalue weighted by molar-refractivity contribution is 6.34. The highest BCUT2D eigenvalue weighted by Gasteiger charge is 2.14. The highest BCUT2D eigenvalue weighted by atomic mass is 35.5. The SMILES string of the molecule is CCC[C@H](NC(=O)COc1cc(Cl)ccc1Cl)c1ccccc1. The Hall–Kier alpha value is -1.71. The summed E-state index contributed by atoms with van der Waals surface area (Å²) < 4.78 is 5.47. The third kappa shape index (κ3) is 5.45. The lowest BCUT2D eigenvalue weighted by Crippen LogP contribution is -2.32. The minimum Gasteiger partial charge on any atom is -0.482 e. The molecule has 0 spiro atoms. The molecule has 0 aromatic heterocycles.